The lowest BCUT2D eigenvalue weighted by atomic mass is 10.1. The van der Waals surface area contributed by atoms with E-state index in [4.69, 9.17) is 14.7 Å². The lowest BCUT2D eigenvalue weighted by molar-refractivity contribution is -0.162. The topological polar surface area (TPSA) is 146 Å². The number of carbonyl (C=O) groups excluding carboxylic acids is 1. The van der Waals surface area contributed by atoms with E-state index in [1.54, 1.807) is 0 Å². The van der Waals surface area contributed by atoms with Crippen LogP contribution in [0.25, 0.3) is 0 Å². The Bertz CT molecular complexity index is 939. The Morgan fingerprint density at radius 3 is 2.75 bits per heavy atom. The molecule has 1 amide bonds. The fourth-order valence-electron chi connectivity index (χ4n) is 2.40. The summed E-state index contributed by atoms with van der Waals surface area (Å²) < 4.78 is 27.7. The van der Waals surface area contributed by atoms with Crippen LogP contribution < -0.4 is 10.5 Å². The Balaban J connectivity index is 1.74. The number of amides is 1. The minimum Gasteiger partial charge on any atom is -0.363 e. The molecular formula is C16H19N5O5S2. The average Bonchev–Trinajstić information content (AvgIpc) is 3.15. The van der Waals surface area contributed by atoms with Crippen molar-refractivity contribution >= 4 is 38.1 Å². The van der Waals surface area contributed by atoms with E-state index >= 15 is 0 Å². The van der Waals surface area contributed by atoms with E-state index in [0.29, 0.717) is 24.4 Å². The van der Waals surface area contributed by atoms with Gasteiger partial charge in [-0.05, 0) is 18.4 Å². The van der Waals surface area contributed by atoms with Crippen LogP contribution in [0.15, 0.2) is 39.8 Å². The van der Waals surface area contributed by atoms with Gasteiger partial charge in [-0.25, -0.2) is 13.6 Å². The van der Waals surface area contributed by atoms with Crippen LogP contribution in [0.4, 0.5) is 5.13 Å². The normalized spacial score (nSPS) is 17.9. The molecule has 0 radical (unpaired) electrons. The summed E-state index contributed by atoms with van der Waals surface area (Å²) in [7, 11) is -3.99. The number of nitrogens with zero attached hydrogens (tertiary/aromatic N) is 3. The number of aromatic nitrogens is 2. The van der Waals surface area contributed by atoms with Gasteiger partial charge in [0.15, 0.2) is 0 Å². The van der Waals surface area contributed by atoms with E-state index in [1.807, 2.05) is 30.3 Å². The van der Waals surface area contributed by atoms with Gasteiger partial charge in [-0.15, -0.1) is 10.2 Å². The van der Waals surface area contributed by atoms with Crippen LogP contribution in [0.1, 0.15) is 24.8 Å². The molecule has 12 heteroatoms. The lowest BCUT2D eigenvalue weighted by Gasteiger charge is -2.20. The highest BCUT2D eigenvalue weighted by molar-refractivity contribution is 7.91. The second kappa shape index (κ2) is 9.19. The number of primary sulfonamides is 1. The third kappa shape index (κ3) is 5.79. The van der Waals surface area contributed by atoms with Crippen LogP contribution in [0.5, 0.6) is 0 Å². The highest BCUT2D eigenvalue weighted by Gasteiger charge is 2.21. The van der Waals surface area contributed by atoms with Crippen LogP contribution in [-0.4, -0.2) is 43.1 Å². The molecule has 1 aliphatic heterocycles. The Morgan fingerprint density at radius 1 is 1.32 bits per heavy atom. The fourth-order valence-corrected chi connectivity index (χ4v) is 3.73. The van der Waals surface area contributed by atoms with Crippen molar-refractivity contribution in [2.75, 3.05) is 11.9 Å². The molecular weight excluding hydrogens is 406 g/mol. The van der Waals surface area contributed by atoms with E-state index in [0.717, 1.165) is 18.4 Å². The van der Waals surface area contributed by atoms with Gasteiger partial charge in [-0.3, -0.25) is 10.1 Å². The van der Waals surface area contributed by atoms with E-state index in [2.05, 4.69) is 20.7 Å². The Kier molecular flexibility index (Phi) is 6.67. The maximum atomic E-state index is 12.6. The van der Waals surface area contributed by atoms with Crippen molar-refractivity contribution in [3.05, 3.63) is 35.9 Å². The number of sulfonamides is 1. The molecule has 0 spiro atoms. The number of ether oxygens (including phenoxy) is 1. The second-order valence-corrected chi connectivity index (χ2v) is 8.69. The third-order valence-electron chi connectivity index (χ3n) is 3.77. The highest BCUT2D eigenvalue weighted by atomic mass is 32.2. The molecule has 3 rings (SSSR count). The Labute approximate surface area is 165 Å². The number of rotatable bonds is 7. The molecule has 1 aromatic carbocycles. The van der Waals surface area contributed by atoms with Gasteiger partial charge in [0.05, 0.1) is 6.61 Å². The average molecular weight is 425 g/mol. The summed E-state index contributed by atoms with van der Waals surface area (Å²) in [6, 6.07) is 9.26. The summed E-state index contributed by atoms with van der Waals surface area (Å²) in [6.07, 6.45) is 2.33. The number of anilines is 1. The van der Waals surface area contributed by atoms with Crippen molar-refractivity contribution in [2.24, 2.45) is 10.3 Å². The van der Waals surface area contributed by atoms with Gasteiger partial charge in [-0.1, -0.05) is 46.8 Å². The Hall–Kier alpha value is -2.41. The van der Waals surface area contributed by atoms with E-state index in [-0.39, 0.29) is 17.3 Å². The van der Waals surface area contributed by atoms with Gasteiger partial charge in [-0.2, -0.15) is 0 Å². The first-order chi connectivity index (χ1) is 13.4. The number of hydrogen-bond acceptors (Lipinski definition) is 9. The smallest absolute Gasteiger partial charge is 0.275 e. The number of hydrogen-bond donors (Lipinski definition) is 2. The number of carbonyl (C=O) groups is 1. The predicted octanol–water partition coefficient (Wildman–Crippen LogP) is 1.27. The summed E-state index contributed by atoms with van der Waals surface area (Å²) in [5.74, 6) is -0.586. The molecule has 0 aliphatic carbocycles. The Morgan fingerprint density at radius 2 is 2.11 bits per heavy atom. The first kappa shape index (κ1) is 20.3. The van der Waals surface area contributed by atoms with Crippen LogP contribution in [0.3, 0.4) is 0 Å². The maximum absolute atomic E-state index is 12.6. The lowest BCUT2D eigenvalue weighted by Crippen LogP contribution is -2.27. The van der Waals surface area contributed by atoms with Crippen LogP contribution in [-0.2, 0) is 30.8 Å². The van der Waals surface area contributed by atoms with Gasteiger partial charge in [0.1, 0.15) is 5.71 Å². The van der Waals surface area contributed by atoms with Gasteiger partial charge < -0.3 is 9.57 Å². The second-order valence-electron chi connectivity index (χ2n) is 5.97. The van der Waals surface area contributed by atoms with Crippen molar-refractivity contribution in [1.82, 2.24) is 10.2 Å². The molecule has 150 valence electrons. The van der Waals surface area contributed by atoms with Gasteiger partial charge in [0.2, 0.25) is 15.8 Å². The standard InChI is InChI=1S/C16H19N5O5S2/c17-28(23,24)16-20-19-15(27-16)18-14(22)12(10-11-6-2-1-3-7-11)21-26-13-8-4-5-9-25-13/h1-3,6-7,13H,4-5,8-10H2,(H2,17,23,24)(H,18,19,22)/b21-12+. The first-order valence-electron chi connectivity index (χ1n) is 8.48. The van der Waals surface area contributed by atoms with Crippen molar-refractivity contribution in [3.8, 4) is 0 Å². The highest BCUT2D eigenvalue weighted by Crippen LogP contribution is 2.19. The van der Waals surface area contributed by atoms with Crippen LogP contribution in [0.2, 0.25) is 0 Å². The minimum absolute atomic E-state index is 0.0105. The molecule has 2 aromatic rings. The quantitative estimate of drug-likeness (QED) is 0.386. The molecule has 10 nitrogen and oxygen atoms in total. The fraction of sp³-hybridized carbons (Fsp3) is 0.375. The molecule has 1 atom stereocenters. The van der Waals surface area contributed by atoms with E-state index in [9.17, 15) is 13.2 Å². The summed E-state index contributed by atoms with van der Waals surface area (Å²) in [5, 5.41) is 18.5. The summed E-state index contributed by atoms with van der Waals surface area (Å²) >= 11 is 0.650. The predicted molar refractivity (Wildman–Crippen MR) is 102 cm³/mol. The molecule has 3 N–H and O–H groups in total. The molecule has 1 aliphatic rings. The van der Waals surface area contributed by atoms with E-state index < -0.39 is 26.6 Å². The monoisotopic (exact) mass is 425 g/mol. The van der Waals surface area contributed by atoms with Gasteiger partial charge in [0, 0.05) is 12.8 Å². The summed E-state index contributed by atoms with van der Waals surface area (Å²) in [5.41, 5.74) is 0.944. The maximum Gasteiger partial charge on any atom is 0.275 e. The molecule has 0 bridgehead atoms. The number of nitrogens with one attached hydrogen (secondary N) is 1. The van der Waals surface area contributed by atoms with Crippen LogP contribution in [0, 0.1) is 0 Å². The zero-order valence-electron chi connectivity index (χ0n) is 14.8. The zero-order valence-corrected chi connectivity index (χ0v) is 16.4. The minimum atomic E-state index is -3.99. The van der Waals surface area contributed by atoms with Crippen molar-refractivity contribution in [2.45, 2.75) is 36.3 Å². The van der Waals surface area contributed by atoms with E-state index in [1.165, 1.54) is 0 Å². The van der Waals surface area contributed by atoms with Crippen molar-refractivity contribution < 1.29 is 22.8 Å². The molecule has 2 heterocycles. The van der Waals surface area contributed by atoms with Crippen molar-refractivity contribution in [3.63, 3.8) is 0 Å². The van der Waals surface area contributed by atoms with Gasteiger partial charge in [0.25, 0.3) is 15.9 Å². The molecule has 1 aromatic heterocycles. The van der Waals surface area contributed by atoms with Gasteiger partial charge >= 0.3 is 0 Å². The van der Waals surface area contributed by atoms with Crippen molar-refractivity contribution in [1.29, 1.82) is 0 Å². The summed E-state index contributed by atoms with van der Waals surface area (Å²) in [4.78, 5) is 18.0. The number of oxime groups is 1. The molecule has 1 unspecified atom stereocenters. The molecule has 1 saturated heterocycles. The molecule has 1 fully saturated rings. The van der Waals surface area contributed by atoms with Crippen LogP contribution >= 0.6 is 11.3 Å². The largest absolute Gasteiger partial charge is 0.363 e. The number of nitrogens with two attached hydrogens (primary N) is 1. The molecule has 28 heavy (non-hydrogen) atoms. The number of benzene rings is 1. The first-order valence-corrected chi connectivity index (χ1v) is 10.8. The SMILES string of the molecule is NS(=O)(=O)c1nnc(NC(=O)/C(Cc2ccccc2)=N/OC2CCCCO2)s1. The third-order valence-corrected chi connectivity index (χ3v) is 5.91. The summed E-state index contributed by atoms with van der Waals surface area (Å²) in [6.45, 7) is 0.585. The molecule has 0 saturated carbocycles. The zero-order chi connectivity index (χ0) is 20.0.